The zero-order valence-electron chi connectivity index (χ0n) is 29.0. The molecule has 1 aliphatic carbocycles. The Labute approximate surface area is 305 Å². The molecular formula is C34H35ClF3N9O6. The summed E-state index contributed by atoms with van der Waals surface area (Å²) in [5.74, 6) is -0.540. The summed E-state index contributed by atoms with van der Waals surface area (Å²) in [7, 11) is 0. The van der Waals surface area contributed by atoms with Crippen LogP contribution in [0.15, 0.2) is 71.0 Å². The van der Waals surface area contributed by atoms with Crippen LogP contribution in [0, 0.1) is 5.41 Å². The van der Waals surface area contributed by atoms with Gasteiger partial charge >= 0.3 is 18.4 Å². The average molecular weight is 758 g/mol. The molecule has 2 aliphatic rings. The predicted molar refractivity (Wildman–Crippen MR) is 182 cm³/mol. The van der Waals surface area contributed by atoms with Gasteiger partial charge in [0.2, 0.25) is 18.2 Å². The van der Waals surface area contributed by atoms with Gasteiger partial charge in [0.25, 0.3) is 5.91 Å². The zero-order chi connectivity index (χ0) is 38.2. The van der Waals surface area contributed by atoms with Crippen LogP contribution in [0.1, 0.15) is 64.1 Å². The van der Waals surface area contributed by atoms with Gasteiger partial charge < -0.3 is 24.6 Å². The summed E-state index contributed by atoms with van der Waals surface area (Å²) in [4.78, 5) is 54.5. The van der Waals surface area contributed by atoms with Gasteiger partial charge in [-0.3, -0.25) is 9.69 Å². The molecule has 0 spiro atoms. The first-order chi connectivity index (χ1) is 25.1. The number of ether oxygens (including phenoxy) is 2. The second-order valence-electron chi connectivity index (χ2n) is 13.8. The topological polar surface area (TPSA) is 179 Å². The molecule has 2 atom stereocenters. The van der Waals surface area contributed by atoms with Gasteiger partial charge in [0, 0.05) is 5.56 Å². The summed E-state index contributed by atoms with van der Waals surface area (Å²) in [5, 5.41) is 13.4. The maximum absolute atomic E-state index is 15.2. The molecule has 0 radical (unpaired) electrons. The Morgan fingerprint density at radius 2 is 1.87 bits per heavy atom. The summed E-state index contributed by atoms with van der Waals surface area (Å²) in [6.07, 6.45) is -3.67. The number of carbonyl (C=O) groups excluding carboxylic acids is 3. The molecular weight excluding hydrogens is 723 g/mol. The van der Waals surface area contributed by atoms with Crippen molar-refractivity contribution in [3.8, 4) is 17.1 Å². The number of nitrogens with one attached hydrogen (secondary N) is 2. The molecule has 6 rings (SSSR count). The molecule has 0 bridgehead atoms. The van der Waals surface area contributed by atoms with Crippen LogP contribution in [0.2, 0.25) is 5.02 Å². The molecule has 2 aromatic heterocycles. The van der Waals surface area contributed by atoms with Gasteiger partial charge in [0.15, 0.2) is 0 Å². The quantitative estimate of drug-likeness (QED) is 0.191. The summed E-state index contributed by atoms with van der Waals surface area (Å²) < 4.78 is 58.0. The smallest absolute Gasteiger partial charge is 0.436 e. The Kier molecular flexibility index (Phi) is 9.93. The van der Waals surface area contributed by atoms with Crippen LogP contribution in [0.3, 0.4) is 0 Å². The third kappa shape index (κ3) is 7.67. The number of nitrogens with zero attached hydrogens (tertiary/aromatic N) is 7. The van der Waals surface area contributed by atoms with Crippen LogP contribution in [0.25, 0.3) is 17.1 Å². The lowest BCUT2D eigenvalue weighted by molar-refractivity contribution is -0.164. The predicted octanol–water partition coefficient (Wildman–Crippen LogP) is 6.11. The van der Waals surface area contributed by atoms with Crippen molar-refractivity contribution in [2.24, 2.45) is 10.4 Å². The van der Waals surface area contributed by atoms with Crippen LogP contribution in [0.5, 0.6) is 0 Å². The summed E-state index contributed by atoms with van der Waals surface area (Å²) in [6, 6.07) is 10.1. The monoisotopic (exact) mass is 757 g/mol. The number of alkyl halides is 3. The number of rotatable bonds is 10. The van der Waals surface area contributed by atoms with E-state index < -0.39 is 53.4 Å². The molecule has 2 fully saturated rings. The Hall–Kier alpha value is -5.52. The van der Waals surface area contributed by atoms with E-state index in [0.29, 0.717) is 28.2 Å². The number of aromatic nitrogens is 5. The lowest BCUT2D eigenvalue weighted by Gasteiger charge is -2.35. The van der Waals surface area contributed by atoms with E-state index in [9.17, 15) is 22.8 Å². The first-order valence-electron chi connectivity index (χ1n) is 16.5. The number of hydrogen-bond donors (Lipinski definition) is 2. The minimum atomic E-state index is -4.70. The van der Waals surface area contributed by atoms with Crippen molar-refractivity contribution >= 4 is 35.7 Å². The SMILES string of the molecule is CCOC(=O)N=C1NC(CC(C)(C)C)(c2ccc(-c3ncon3)cc2)C(=O)N1[C@H](COC(=O)NC1(C(F)(F)F)CC1)c1ccc(Cl)c(-n2cncn2)c1. The van der Waals surface area contributed by atoms with E-state index in [4.69, 9.17) is 25.6 Å². The second-order valence-corrected chi connectivity index (χ2v) is 14.2. The molecule has 2 aromatic carbocycles. The first kappa shape index (κ1) is 37.2. The molecule has 280 valence electrons. The molecule has 1 saturated heterocycles. The molecule has 2 N–H and O–H groups in total. The Balaban J connectivity index is 1.47. The third-order valence-corrected chi connectivity index (χ3v) is 9.05. The molecule has 3 heterocycles. The molecule has 1 unspecified atom stereocenters. The van der Waals surface area contributed by atoms with Gasteiger partial charge in [0.1, 0.15) is 30.3 Å². The van der Waals surface area contributed by atoms with Crippen LogP contribution in [0.4, 0.5) is 22.8 Å². The van der Waals surface area contributed by atoms with Gasteiger partial charge in [0.05, 0.1) is 23.4 Å². The van der Waals surface area contributed by atoms with Crippen molar-refractivity contribution in [1.29, 1.82) is 0 Å². The normalized spacial score (nSPS) is 19.5. The van der Waals surface area contributed by atoms with E-state index >= 15 is 4.79 Å². The van der Waals surface area contributed by atoms with E-state index in [-0.39, 0.29) is 36.9 Å². The van der Waals surface area contributed by atoms with Gasteiger partial charge in [-0.15, -0.1) is 4.99 Å². The number of amides is 3. The molecule has 53 heavy (non-hydrogen) atoms. The standard InChI is InChI=1S/C34H35ClF3N9O6/c1-5-51-29(49)42-28-43-33(16-31(2,3)4,22-9-6-20(7-10-22)26-40-19-53-45-26)27(48)47(28)25(15-52-30(50)44-32(12-13-32)34(36,37)38)21-8-11-23(35)24(14-21)46-18-39-17-41-46/h6-11,14,17-19,25H,5,12-13,15-16H2,1-4H3,(H,44,50)(H,42,43,49)/t25-,33?/m1/s1. The van der Waals surface area contributed by atoms with Crippen molar-refractivity contribution in [2.75, 3.05) is 13.2 Å². The van der Waals surface area contributed by atoms with Crippen LogP contribution >= 0.6 is 11.6 Å². The van der Waals surface area contributed by atoms with Gasteiger partial charge in [-0.2, -0.15) is 23.3 Å². The van der Waals surface area contributed by atoms with E-state index in [1.165, 1.54) is 29.8 Å². The second kappa shape index (κ2) is 14.1. The minimum Gasteiger partial charge on any atom is -0.448 e. The lowest BCUT2D eigenvalue weighted by atomic mass is 9.75. The molecule has 4 aromatic rings. The van der Waals surface area contributed by atoms with Gasteiger partial charge in [-0.1, -0.05) is 67.9 Å². The van der Waals surface area contributed by atoms with Crippen molar-refractivity contribution < 1.29 is 41.6 Å². The zero-order valence-corrected chi connectivity index (χ0v) is 29.7. The van der Waals surface area contributed by atoms with E-state index in [1.807, 2.05) is 26.1 Å². The highest BCUT2D eigenvalue weighted by molar-refractivity contribution is 6.32. The fourth-order valence-corrected chi connectivity index (χ4v) is 6.39. The van der Waals surface area contributed by atoms with Crippen molar-refractivity contribution in [1.82, 2.24) is 40.4 Å². The highest BCUT2D eigenvalue weighted by atomic mass is 35.5. The summed E-state index contributed by atoms with van der Waals surface area (Å²) >= 11 is 6.53. The first-order valence-corrected chi connectivity index (χ1v) is 16.8. The van der Waals surface area contributed by atoms with E-state index in [1.54, 1.807) is 43.3 Å². The Morgan fingerprint density at radius 1 is 1.13 bits per heavy atom. The number of aliphatic imine (C=N–C) groups is 1. The number of benzene rings is 2. The number of hydrogen-bond acceptors (Lipinski definition) is 10. The number of alkyl carbamates (subject to hydrolysis) is 1. The van der Waals surface area contributed by atoms with Crippen LogP contribution in [-0.4, -0.2) is 78.8 Å². The maximum atomic E-state index is 15.2. The number of carbonyl (C=O) groups is 3. The molecule has 3 amide bonds. The third-order valence-electron chi connectivity index (χ3n) is 8.73. The van der Waals surface area contributed by atoms with Gasteiger partial charge in [-0.05, 0) is 54.9 Å². The molecule has 15 nitrogen and oxygen atoms in total. The summed E-state index contributed by atoms with van der Waals surface area (Å²) in [5.41, 5.74) is -2.80. The fourth-order valence-electron chi connectivity index (χ4n) is 6.19. The van der Waals surface area contributed by atoms with E-state index in [0.717, 1.165) is 4.90 Å². The van der Waals surface area contributed by atoms with Crippen LogP contribution < -0.4 is 10.6 Å². The molecule has 19 heteroatoms. The minimum absolute atomic E-state index is 0.0274. The Bertz CT molecular complexity index is 2000. The van der Waals surface area contributed by atoms with E-state index in [2.05, 4.69) is 30.5 Å². The lowest BCUT2D eigenvalue weighted by Crippen LogP contribution is -2.49. The van der Waals surface area contributed by atoms with Crippen molar-refractivity contribution in [2.45, 2.75) is 70.3 Å². The molecule has 1 aliphatic heterocycles. The summed E-state index contributed by atoms with van der Waals surface area (Å²) in [6.45, 7) is 6.65. The van der Waals surface area contributed by atoms with Gasteiger partial charge in [-0.25, -0.2) is 19.3 Å². The molecule has 1 saturated carbocycles. The fraction of sp³-hybridized carbons (Fsp3) is 0.412. The number of guanidine groups is 1. The van der Waals surface area contributed by atoms with Crippen LogP contribution in [-0.2, 0) is 19.8 Å². The number of halogens is 4. The average Bonchev–Trinajstić information content (AvgIpc) is 3.43. The Morgan fingerprint density at radius 3 is 2.45 bits per heavy atom. The highest BCUT2D eigenvalue weighted by Gasteiger charge is 2.65. The van der Waals surface area contributed by atoms with Crippen molar-refractivity contribution in [3.05, 3.63) is 77.7 Å². The maximum Gasteiger partial charge on any atom is 0.436 e. The largest absolute Gasteiger partial charge is 0.448 e. The highest BCUT2D eigenvalue weighted by Crippen LogP contribution is 2.49. The van der Waals surface area contributed by atoms with Crippen molar-refractivity contribution in [3.63, 3.8) is 0 Å².